The lowest BCUT2D eigenvalue weighted by atomic mass is 10.1. The number of hydrogen-bond acceptors (Lipinski definition) is 5. The molecular formula is C26H28N6O. The van der Waals surface area contributed by atoms with Crippen LogP contribution in [-0.4, -0.2) is 44.9 Å². The second-order valence-corrected chi connectivity index (χ2v) is 9.10. The highest BCUT2D eigenvalue weighted by Gasteiger charge is 2.49. The van der Waals surface area contributed by atoms with Gasteiger partial charge in [0.1, 0.15) is 5.82 Å². The Labute approximate surface area is 193 Å². The average Bonchev–Trinajstić information content (AvgIpc) is 3.50. The summed E-state index contributed by atoms with van der Waals surface area (Å²) in [5, 5.41) is 0. The van der Waals surface area contributed by atoms with Crippen LogP contribution in [0.2, 0.25) is 0 Å². The summed E-state index contributed by atoms with van der Waals surface area (Å²) in [6, 6.07) is 18.7. The summed E-state index contributed by atoms with van der Waals surface area (Å²) in [5.74, 6) is 2.45. The van der Waals surface area contributed by atoms with E-state index in [1.807, 2.05) is 54.3 Å². The third-order valence-corrected chi connectivity index (χ3v) is 7.06. The number of rotatable bonds is 5. The third kappa shape index (κ3) is 3.22. The molecule has 1 fully saturated rings. The Balaban J connectivity index is 1.50. The Morgan fingerprint density at radius 3 is 2.58 bits per heavy atom. The molecule has 0 spiro atoms. The molecule has 2 aliphatic heterocycles. The Hall–Kier alpha value is -3.61. The van der Waals surface area contributed by atoms with Crippen LogP contribution in [0.1, 0.15) is 53.6 Å². The maximum atomic E-state index is 13.8. The minimum Gasteiger partial charge on any atom is -0.399 e. The van der Waals surface area contributed by atoms with Gasteiger partial charge in [-0.05, 0) is 49.4 Å². The van der Waals surface area contributed by atoms with Crippen LogP contribution in [0, 0.1) is 0 Å². The van der Waals surface area contributed by atoms with Crippen molar-refractivity contribution < 1.29 is 4.79 Å². The minimum absolute atomic E-state index is 0.00951. The lowest BCUT2D eigenvalue weighted by molar-refractivity contribution is 0.0835. The van der Waals surface area contributed by atoms with Crippen molar-refractivity contribution in [1.29, 1.82) is 0 Å². The number of benzene rings is 2. The van der Waals surface area contributed by atoms with Crippen molar-refractivity contribution in [3.05, 3.63) is 77.2 Å². The number of carbonyl (C=O) groups is 1. The fraction of sp³-hybridized carbons (Fsp3) is 0.346. The first-order valence-corrected chi connectivity index (χ1v) is 11.8. The smallest absolute Gasteiger partial charge is 0.281 e. The topological polar surface area (TPSA) is 79.8 Å². The van der Waals surface area contributed by atoms with Crippen LogP contribution >= 0.6 is 0 Å². The maximum Gasteiger partial charge on any atom is 0.281 e. The Morgan fingerprint density at radius 2 is 1.82 bits per heavy atom. The highest BCUT2D eigenvalue weighted by Crippen LogP contribution is 2.41. The van der Waals surface area contributed by atoms with Crippen molar-refractivity contribution in [3.63, 3.8) is 0 Å². The standard InChI is InChI=1S/C26H28N6O/c1-2-30-25(33)23-24(32-21-10-6-9-20(21)28-26(30)32)29-22(15-17-7-4-3-5-8-17)31(23)16-18-11-13-19(27)14-12-18/h3-5,7-8,11-14,20-21H,2,6,9-10,15-16,27H2,1H3/t20-,21+/m1/s1. The molecule has 1 saturated carbocycles. The number of hydrogen-bond donors (Lipinski definition) is 1. The van der Waals surface area contributed by atoms with E-state index in [1.165, 1.54) is 12.0 Å². The zero-order chi connectivity index (χ0) is 22.5. The Morgan fingerprint density at radius 1 is 1.03 bits per heavy atom. The van der Waals surface area contributed by atoms with Gasteiger partial charge in [0, 0.05) is 25.2 Å². The number of nitrogens with two attached hydrogens (primary N) is 1. The summed E-state index contributed by atoms with van der Waals surface area (Å²) in [4.78, 5) is 28.0. The SMILES string of the molecule is CCN1C(=O)c2c(nc(Cc3ccccc3)n2Cc2ccc(N)cc2)N2C1=N[C@@H]1CCC[C@@H]12. The number of anilines is 2. The van der Waals surface area contributed by atoms with Gasteiger partial charge in [0.25, 0.3) is 5.91 Å². The van der Waals surface area contributed by atoms with Gasteiger partial charge in [-0.25, -0.2) is 9.98 Å². The molecule has 0 saturated heterocycles. The second-order valence-electron chi connectivity index (χ2n) is 9.10. The molecule has 1 amide bonds. The van der Waals surface area contributed by atoms with Crippen LogP contribution in [0.3, 0.4) is 0 Å². The van der Waals surface area contributed by atoms with Crippen LogP contribution in [0.4, 0.5) is 11.5 Å². The summed E-state index contributed by atoms with van der Waals surface area (Å²) in [5.41, 5.74) is 9.58. The van der Waals surface area contributed by atoms with Crippen LogP contribution in [0.25, 0.3) is 0 Å². The summed E-state index contributed by atoms with van der Waals surface area (Å²) in [6.45, 7) is 3.18. The third-order valence-electron chi connectivity index (χ3n) is 7.06. The molecule has 0 unspecified atom stereocenters. The van der Waals surface area contributed by atoms with Gasteiger partial charge < -0.3 is 10.3 Å². The fourth-order valence-corrected chi connectivity index (χ4v) is 5.44. The molecule has 6 rings (SSSR count). The highest BCUT2D eigenvalue weighted by molar-refractivity contribution is 6.18. The van der Waals surface area contributed by atoms with E-state index < -0.39 is 0 Å². The largest absolute Gasteiger partial charge is 0.399 e. The van der Waals surface area contributed by atoms with Crippen molar-refractivity contribution in [2.45, 2.75) is 51.2 Å². The predicted octanol–water partition coefficient (Wildman–Crippen LogP) is 3.68. The van der Waals surface area contributed by atoms with Gasteiger partial charge in [0.15, 0.2) is 11.5 Å². The molecule has 2 atom stereocenters. The number of aliphatic imine (C=N–C) groups is 1. The lowest BCUT2D eigenvalue weighted by Crippen LogP contribution is -2.53. The van der Waals surface area contributed by atoms with E-state index in [2.05, 4.69) is 21.6 Å². The number of nitrogens with zero attached hydrogens (tertiary/aromatic N) is 5. The first-order valence-electron chi connectivity index (χ1n) is 11.8. The molecule has 7 heteroatoms. The summed E-state index contributed by atoms with van der Waals surface area (Å²) >= 11 is 0. The monoisotopic (exact) mass is 440 g/mol. The van der Waals surface area contributed by atoms with Crippen LogP contribution in [-0.2, 0) is 13.0 Å². The normalized spacial score (nSPS) is 21.1. The Kier molecular flexibility index (Phi) is 4.71. The predicted molar refractivity (Wildman–Crippen MR) is 129 cm³/mol. The molecule has 1 aromatic heterocycles. The van der Waals surface area contributed by atoms with E-state index >= 15 is 0 Å². The molecule has 0 radical (unpaired) electrons. The van der Waals surface area contributed by atoms with E-state index in [4.69, 9.17) is 15.7 Å². The van der Waals surface area contributed by atoms with Crippen molar-refractivity contribution in [1.82, 2.24) is 14.5 Å². The number of imidazole rings is 1. The molecule has 7 nitrogen and oxygen atoms in total. The number of aromatic nitrogens is 2. The van der Waals surface area contributed by atoms with Crippen LogP contribution in [0.5, 0.6) is 0 Å². The molecule has 1 aliphatic carbocycles. The first kappa shape index (κ1) is 20.0. The molecule has 3 heterocycles. The van der Waals surface area contributed by atoms with Crippen molar-refractivity contribution in [2.24, 2.45) is 4.99 Å². The molecule has 2 aromatic carbocycles. The zero-order valence-corrected chi connectivity index (χ0v) is 18.8. The summed E-state index contributed by atoms with van der Waals surface area (Å²) < 4.78 is 2.11. The molecular weight excluding hydrogens is 412 g/mol. The second kappa shape index (κ2) is 7.76. The molecule has 3 aromatic rings. The molecule has 168 valence electrons. The van der Waals surface area contributed by atoms with Gasteiger partial charge in [-0.15, -0.1) is 0 Å². The summed E-state index contributed by atoms with van der Waals surface area (Å²) in [6.07, 6.45) is 3.99. The lowest BCUT2D eigenvalue weighted by Gasteiger charge is -2.35. The molecule has 33 heavy (non-hydrogen) atoms. The highest BCUT2D eigenvalue weighted by atomic mass is 16.2. The summed E-state index contributed by atoms with van der Waals surface area (Å²) in [7, 11) is 0. The van der Waals surface area contributed by atoms with Crippen molar-refractivity contribution >= 4 is 23.4 Å². The van der Waals surface area contributed by atoms with Gasteiger partial charge in [0.2, 0.25) is 5.96 Å². The van der Waals surface area contributed by atoms with E-state index in [-0.39, 0.29) is 11.9 Å². The van der Waals surface area contributed by atoms with Crippen LogP contribution < -0.4 is 10.6 Å². The van der Waals surface area contributed by atoms with E-state index in [9.17, 15) is 4.79 Å². The average molecular weight is 441 g/mol. The van der Waals surface area contributed by atoms with E-state index in [1.54, 1.807) is 0 Å². The molecule has 2 N–H and O–H groups in total. The molecule has 0 bridgehead atoms. The fourth-order valence-electron chi connectivity index (χ4n) is 5.44. The van der Waals surface area contributed by atoms with E-state index in [0.29, 0.717) is 31.2 Å². The first-order chi connectivity index (χ1) is 16.1. The number of carbonyl (C=O) groups excluding carboxylic acids is 1. The zero-order valence-electron chi connectivity index (χ0n) is 18.8. The van der Waals surface area contributed by atoms with Gasteiger partial charge in [-0.3, -0.25) is 14.6 Å². The number of amides is 1. The van der Waals surface area contributed by atoms with Gasteiger partial charge in [0.05, 0.1) is 12.1 Å². The number of nitrogen functional groups attached to an aromatic ring is 1. The number of fused-ring (bicyclic) bond motifs is 5. The Bertz CT molecular complexity index is 1230. The van der Waals surface area contributed by atoms with Crippen molar-refractivity contribution in [3.8, 4) is 0 Å². The van der Waals surface area contributed by atoms with Crippen molar-refractivity contribution in [2.75, 3.05) is 17.2 Å². The van der Waals surface area contributed by atoms with Gasteiger partial charge in [-0.1, -0.05) is 42.5 Å². The number of guanidine groups is 1. The quantitative estimate of drug-likeness (QED) is 0.614. The maximum absolute atomic E-state index is 13.8. The van der Waals surface area contributed by atoms with Gasteiger partial charge >= 0.3 is 0 Å². The van der Waals surface area contributed by atoms with Crippen LogP contribution in [0.15, 0.2) is 59.6 Å². The minimum atomic E-state index is -0.00951. The van der Waals surface area contributed by atoms with Gasteiger partial charge in [-0.2, -0.15) is 0 Å². The van der Waals surface area contributed by atoms with E-state index in [0.717, 1.165) is 41.7 Å². The molecule has 3 aliphatic rings.